The van der Waals surface area contributed by atoms with Gasteiger partial charge in [-0.3, -0.25) is 14.3 Å². The van der Waals surface area contributed by atoms with Crippen molar-refractivity contribution in [2.75, 3.05) is 0 Å². The molecule has 0 radical (unpaired) electrons. The molecule has 0 bridgehead atoms. The Morgan fingerprint density at radius 1 is 1.12 bits per heavy atom. The molecule has 7 heteroatoms. The highest BCUT2D eigenvalue weighted by Gasteiger charge is 2.48. The normalized spacial score (nSPS) is 22.1. The van der Waals surface area contributed by atoms with E-state index in [2.05, 4.69) is 26.1 Å². The molecule has 0 spiro atoms. The van der Waals surface area contributed by atoms with Crippen LogP contribution in [0.15, 0.2) is 30.3 Å². The predicted octanol–water partition coefficient (Wildman–Crippen LogP) is 4.96. The summed E-state index contributed by atoms with van der Waals surface area (Å²) in [5.74, 6) is -0.702. The summed E-state index contributed by atoms with van der Waals surface area (Å²) in [4.78, 5) is 29.2. The van der Waals surface area contributed by atoms with Gasteiger partial charge in [-0.25, -0.2) is 4.39 Å². The summed E-state index contributed by atoms with van der Waals surface area (Å²) in [6.07, 6.45) is 7.81. The summed E-state index contributed by atoms with van der Waals surface area (Å²) in [6, 6.07) is 8.07. The van der Waals surface area contributed by atoms with E-state index in [0.29, 0.717) is 5.69 Å². The van der Waals surface area contributed by atoms with Gasteiger partial charge in [0.15, 0.2) is 0 Å². The molecule has 1 atom stereocenters. The topological polar surface area (TPSA) is 67.2 Å². The second-order valence-corrected chi connectivity index (χ2v) is 11.1. The van der Waals surface area contributed by atoms with Crippen LogP contribution in [0.5, 0.6) is 0 Å². The van der Waals surface area contributed by atoms with E-state index in [0.717, 1.165) is 36.9 Å². The van der Waals surface area contributed by atoms with E-state index in [9.17, 15) is 14.0 Å². The number of aromatic nitrogens is 2. The molecule has 1 saturated carbocycles. The minimum absolute atomic E-state index is 0.122. The maximum atomic E-state index is 13.8. The molecular formula is C27H37FN4O2. The molecule has 1 N–H and O–H groups in total. The molecule has 1 fully saturated rings. The zero-order chi connectivity index (χ0) is 24.5. The number of nitrogens with zero attached hydrogens (tertiary/aromatic N) is 3. The molecule has 1 aliphatic carbocycles. The van der Waals surface area contributed by atoms with Gasteiger partial charge in [-0.2, -0.15) is 5.10 Å². The number of carbonyl (C=O) groups excluding carboxylic acids is 2. The van der Waals surface area contributed by atoms with Crippen molar-refractivity contribution in [2.24, 2.45) is 0 Å². The van der Waals surface area contributed by atoms with Gasteiger partial charge < -0.3 is 10.2 Å². The van der Waals surface area contributed by atoms with Crippen molar-refractivity contribution in [3.8, 4) is 0 Å². The Morgan fingerprint density at radius 2 is 1.74 bits per heavy atom. The van der Waals surface area contributed by atoms with Crippen molar-refractivity contribution in [3.05, 3.63) is 53.1 Å². The zero-order valence-electron chi connectivity index (χ0n) is 20.9. The predicted molar refractivity (Wildman–Crippen MR) is 130 cm³/mol. The van der Waals surface area contributed by atoms with Crippen LogP contribution in [0.25, 0.3) is 0 Å². The van der Waals surface area contributed by atoms with Crippen LogP contribution >= 0.6 is 0 Å². The number of nitrogens with one attached hydrogen (secondary N) is 1. The lowest BCUT2D eigenvalue weighted by atomic mass is 9.91. The van der Waals surface area contributed by atoms with Crippen molar-refractivity contribution >= 4 is 11.8 Å². The molecule has 2 aliphatic rings. The fourth-order valence-electron chi connectivity index (χ4n) is 4.97. The number of halogens is 1. The third kappa shape index (κ3) is 5.03. The van der Waals surface area contributed by atoms with Crippen LogP contribution in [0.1, 0.15) is 94.4 Å². The number of carbonyl (C=O) groups is 2. The van der Waals surface area contributed by atoms with Crippen LogP contribution < -0.4 is 5.32 Å². The van der Waals surface area contributed by atoms with Gasteiger partial charge in [-0.05, 0) is 43.5 Å². The highest BCUT2D eigenvalue weighted by molar-refractivity contribution is 5.99. The van der Waals surface area contributed by atoms with E-state index in [4.69, 9.17) is 5.10 Å². The Hall–Kier alpha value is -2.70. The molecule has 2 amide bonds. The number of rotatable bonds is 4. The molecular weight excluding hydrogens is 431 g/mol. The first-order valence-electron chi connectivity index (χ1n) is 12.5. The third-order valence-electron chi connectivity index (χ3n) is 7.25. The van der Waals surface area contributed by atoms with E-state index < -0.39 is 5.54 Å². The average molecular weight is 469 g/mol. The molecule has 1 aliphatic heterocycles. The first kappa shape index (κ1) is 24.4. The summed E-state index contributed by atoms with van der Waals surface area (Å²) in [5, 5.41) is 7.99. The van der Waals surface area contributed by atoms with Gasteiger partial charge in [0.25, 0.3) is 5.91 Å². The van der Waals surface area contributed by atoms with Crippen LogP contribution in [-0.4, -0.2) is 38.1 Å². The van der Waals surface area contributed by atoms with Gasteiger partial charge in [0.2, 0.25) is 5.91 Å². The largest absolute Gasteiger partial charge is 0.351 e. The first-order chi connectivity index (χ1) is 16.1. The van der Waals surface area contributed by atoms with Gasteiger partial charge in [0.05, 0.1) is 12.2 Å². The number of hydrogen-bond donors (Lipinski definition) is 1. The molecule has 34 heavy (non-hydrogen) atoms. The summed E-state index contributed by atoms with van der Waals surface area (Å²) >= 11 is 0. The van der Waals surface area contributed by atoms with Gasteiger partial charge in [0, 0.05) is 18.0 Å². The van der Waals surface area contributed by atoms with Crippen LogP contribution in [0.4, 0.5) is 4.39 Å². The maximum absolute atomic E-state index is 13.8. The Morgan fingerprint density at radius 3 is 2.35 bits per heavy atom. The average Bonchev–Trinajstić information content (AvgIpc) is 3.18. The minimum Gasteiger partial charge on any atom is -0.351 e. The summed E-state index contributed by atoms with van der Waals surface area (Å²) in [5.41, 5.74) is 0.764. The van der Waals surface area contributed by atoms with E-state index >= 15 is 0 Å². The lowest BCUT2D eigenvalue weighted by Crippen LogP contribution is -2.64. The Kier molecular flexibility index (Phi) is 6.83. The van der Waals surface area contributed by atoms with Crippen molar-refractivity contribution in [1.82, 2.24) is 20.0 Å². The first-order valence-corrected chi connectivity index (χ1v) is 12.5. The van der Waals surface area contributed by atoms with Crippen molar-refractivity contribution in [3.63, 3.8) is 0 Å². The Labute approximate surface area is 201 Å². The highest BCUT2D eigenvalue weighted by atomic mass is 19.1. The molecule has 0 unspecified atom stereocenters. The molecule has 2 aromatic rings. The van der Waals surface area contributed by atoms with Gasteiger partial charge in [-0.1, -0.05) is 65.0 Å². The number of benzene rings is 1. The number of amides is 2. The van der Waals surface area contributed by atoms with E-state index in [1.54, 1.807) is 21.7 Å². The van der Waals surface area contributed by atoms with Gasteiger partial charge in [-0.15, -0.1) is 0 Å². The van der Waals surface area contributed by atoms with E-state index in [1.165, 1.54) is 31.4 Å². The maximum Gasteiger partial charge on any atom is 0.273 e. The van der Waals surface area contributed by atoms with Gasteiger partial charge >= 0.3 is 0 Å². The molecule has 6 nitrogen and oxygen atoms in total. The SMILES string of the molecule is CC(C)(C)c1cc2n(n1)C[C@](C)(C(=O)NC1CCCCCCC1)N(Cc1ccc(F)cc1)C2=O. The Bertz CT molecular complexity index is 1030. The molecule has 1 aromatic carbocycles. The summed E-state index contributed by atoms with van der Waals surface area (Å²) in [6.45, 7) is 8.51. The fraction of sp³-hybridized carbons (Fsp3) is 0.593. The second-order valence-electron chi connectivity index (χ2n) is 11.1. The molecule has 1 aromatic heterocycles. The second kappa shape index (κ2) is 9.51. The van der Waals surface area contributed by atoms with E-state index in [-0.39, 0.29) is 42.2 Å². The third-order valence-corrected chi connectivity index (χ3v) is 7.25. The van der Waals surface area contributed by atoms with E-state index in [1.807, 2.05) is 13.0 Å². The minimum atomic E-state index is -1.11. The molecule has 2 heterocycles. The molecule has 184 valence electrons. The monoisotopic (exact) mass is 468 g/mol. The fourth-order valence-corrected chi connectivity index (χ4v) is 4.97. The standard InChI is InChI=1S/C27H37FN4O2/c1-26(2,3)23-16-22-24(33)31(17-19-12-14-20(28)15-13-19)27(4,18-32(22)30-23)25(34)29-21-10-8-6-5-7-9-11-21/h12-16,21H,5-11,17-18H2,1-4H3,(H,29,34)/t27-/m1/s1. The van der Waals surface area contributed by atoms with Crippen molar-refractivity contribution in [1.29, 1.82) is 0 Å². The lowest BCUT2D eigenvalue weighted by molar-refractivity contribution is -0.134. The zero-order valence-corrected chi connectivity index (χ0v) is 20.9. The van der Waals surface area contributed by atoms with Crippen molar-refractivity contribution in [2.45, 2.75) is 103 Å². The smallest absolute Gasteiger partial charge is 0.273 e. The number of fused-ring (bicyclic) bond motifs is 1. The van der Waals surface area contributed by atoms with Crippen LogP contribution in [0.2, 0.25) is 0 Å². The Balaban J connectivity index is 1.67. The number of hydrogen-bond acceptors (Lipinski definition) is 3. The van der Waals surface area contributed by atoms with Crippen molar-refractivity contribution < 1.29 is 14.0 Å². The summed E-state index contributed by atoms with van der Waals surface area (Å²) in [7, 11) is 0. The summed E-state index contributed by atoms with van der Waals surface area (Å²) < 4.78 is 15.2. The van der Waals surface area contributed by atoms with Crippen LogP contribution in [0, 0.1) is 5.82 Å². The quantitative estimate of drug-likeness (QED) is 0.689. The van der Waals surface area contributed by atoms with Crippen LogP contribution in [0.3, 0.4) is 0 Å². The molecule has 4 rings (SSSR count). The molecule has 0 saturated heterocycles. The van der Waals surface area contributed by atoms with Crippen LogP contribution in [-0.2, 0) is 23.3 Å². The van der Waals surface area contributed by atoms with Gasteiger partial charge in [0.1, 0.15) is 17.1 Å². The lowest BCUT2D eigenvalue weighted by Gasteiger charge is -2.44. The highest BCUT2D eigenvalue weighted by Crippen LogP contribution is 2.32.